The fourth-order valence-electron chi connectivity index (χ4n) is 2.54. The number of carbonyl (C=O) groups excluding carboxylic acids is 2. The van der Waals surface area contributed by atoms with E-state index >= 15 is 0 Å². The number of alkyl halides is 2. The lowest BCUT2D eigenvalue weighted by Gasteiger charge is -2.15. The van der Waals surface area contributed by atoms with Crippen molar-refractivity contribution in [2.45, 2.75) is 49.9 Å². The molecule has 9 heteroatoms. The summed E-state index contributed by atoms with van der Waals surface area (Å²) in [6.45, 7) is 5.57. The van der Waals surface area contributed by atoms with Gasteiger partial charge in [-0.05, 0) is 61.2 Å². The highest BCUT2D eigenvalue weighted by Gasteiger charge is 2.27. The maximum atomic E-state index is 12.6. The zero-order chi connectivity index (χ0) is 22.5. The first kappa shape index (κ1) is 23.5. The summed E-state index contributed by atoms with van der Waals surface area (Å²) < 4.78 is 53.0. The summed E-state index contributed by atoms with van der Waals surface area (Å²) in [5, 5.41) is 2.65. The molecule has 0 radical (unpaired) electrons. The second kappa shape index (κ2) is 9.80. The number of ether oxygens (including phenoxy) is 1. The second-order valence-electron chi connectivity index (χ2n) is 6.80. The Labute approximate surface area is 174 Å². The molecule has 30 heavy (non-hydrogen) atoms. The fraction of sp³-hybridized carbons (Fsp3) is 0.333. The zero-order valence-electron chi connectivity index (χ0n) is 16.8. The summed E-state index contributed by atoms with van der Waals surface area (Å²) in [5.41, 5.74) is 1.63. The predicted octanol–water partition coefficient (Wildman–Crippen LogP) is 4.38. The smallest absolute Gasteiger partial charge is 0.341 e. The second-order valence-corrected chi connectivity index (χ2v) is 8.72. The zero-order valence-corrected chi connectivity index (χ0v) is 17.6. The summed E-state index contributed by atoms with van der Waals surface area (Å²) in [6.07, 6.45) is -0.135. The average molecular weight is 439 g/mol. The van der Waals surface area contributed by atoms with E-state index in [1.807, 2.05) is 12.1 Å². The summed E-state index contributed by atoms with van der Waals surface area (Å²) in [7, 11) is -4.75. The van der Waals surface area contributed by atoms with E-state index in [9.17, 15) is 26.8 Å². The van der Waals surface area contributed by atoms with E-state index in [0.29, 0.717) is 11.6 Å². The van der Waals surface area contributed by atoms with Gasteiger partial charge in [0.1, 0.15) is 0 Å². The van der Waals surface area contributed by atoms with Crippen LogP contribution in [0.15, 0.2) is 53.4 Å². The molecule has 0 unspecified atom stereocenters. The Morgan fingerprint density at radius 3 is 2.07 bits per heavy atom. The van der Waals surface area contributed by atoms with Crippen LogP contribution in [0.2, 0.25) is 0 Å². The van der Waals surface area contributed by atoms with E-state index in [0.717, 1.165) is 36.2 Å². The molecule has 2 atom stereocenters. The molecule has 6 nitrogen and oxygen atoms in total. The third kappa shape index (κ3) is 5.63. The molecule has 0 saturated carbocycles. The minimum absolute atomic E-state index is 0.0687. The largest absolute Gasteiger partial charge is 0.449 e. The lowest BCUT2D eigenvalue weighted by molar-refractivity contribution is -0.123. The van der Waals surface area contributed by atoms with Crippen molar-refractivity contribution in [3.05, 3.63) is 59.7 Å². The Hall–Kier alpha value is -2.81. The molecule has 0 heterocycles. The van der Waals surface area contributed by atoms with Gasteiger partial charge in [0.15, 0.2) is 6.10 Å². The van der Waals surface area contributed by atoms with E-state index < -0.39 is 38.5 Å². The van der Waals surface area contributed by atoms with Gasteiger partial charge in [-0.3, -0.25) is 4.79 Å². The van der Waals surface area contributed by atoms with Gasteiger partial charge in [-0.25, -0.2) is 13.2 Å². The topological polar surface area (TPSA) is 89.5 Å². The normalized spacial score (nSPS) is 13.5. The molecule has 0 spiro atoms. The van der Waals surface area contributed by atoms with Gasteiger partial charge in [-0.15, -0.1) is 0 Å². The summed E-state index contributed by atoms with van der Waals surface area (Å²) >= 11 is 0. The third-order valence-corrected chi connectivity index (χ3v) is 6.06. The van der Waals surface area contributed by atoms with Gasteiger partial charge in [-0.2, -0.15) is 8.78 Å². The van der Waals surface area contributed by atoms with Crippen molar-refractivity contribution in [2.24, 2.45) is 0 Å². The lowest BCUT2D eigenvalue weighted by Crippen LogP contribution is -2.30. The number of sulfone groups is 1. The molecular weight excluding hydrogens is 416 g/mol. The van der Waals surface area contributed by atoms with Gasteiger partial charge in [-0.1, -0.05) is 26.0 Å². The Bertz CT molecular complexity index is 989. The first-order valence-electron chi connectivity index (χ1n) is 9.30. The SMILES string of the molecule is CC[C@H](C)c1ccc(NC(=O)[C@H](C)OC(=O)c2ccc(S(=O)(=O)C(F)F)cc2)cc1. The molecule has 0 saturated heterocycles. The van der Waals surface area contributed by atoms with Crippen molar-refractivity contribution < 1.29 is 31.5 Å². The average Bonchev–Trinajstić information content (AvgIpc) is 2.73. The van der Waals surface area contributed by atoms with Crippen molar-refractivity contribution >= 4 is 27.4 Å². The van der Waals surface area contributed by atoms with E-state index in [4.69, 9.17) is 4.74 Å². The maximum absolute atomic E-state index is 12.6. The molecule has 0 aliphatic rings. The Morgan fingerprint density at radius 2 is 1.57 bits per heavy atom. The van der Waals surface area contributed by atoms with E-state index in [2.05, 4.69) is 19.2 Å². The number of hydrogen-bond donors (Lipinski definition) is 1. The Kier molecular flexibility index (Phi) is 7.66. The van der Waals surface area contributed by atoms with E-state index in [-0.39, 0.29) is 5.56 Å². The van der Waals surface area contributed by atoms with Gasteiger partial charge in [0.05, 0.1) is 10.5 Å². The highest BCUT2D eigenvalue weighted by atomic mass is 32.2. The van der Waals surface area contributed by atoms with Crippen LogP contribution in [0, 0.1) is 0 Å². The van der Waals surface area contributed by atoms with Gasteiger partial charge in [0.2, 0.25) is 9.84 Å². The maximum Gasteiger partial charge on any atom is 0.341 e. The molecule has 0 aliphatic carbocycles. The van der Waals surface area contributed by atoms with Gasteiger partial charge >= 0.3 is 11.7 Å². The van der Waals surface area contributed by atoms with Crippen LogP contribution in [0.4, 0.5) is 14.5 Å². The van der Waals surface area contributed by atoms with Crippen molar-refractivity contribution in [1.29, 1.82) is 0 Å². The molecule has 0 aromatic heterocycles. The highest BCUT2D eigenvalue weighted by molar-refractivity contribution is 7.91. The molecule has 0 fully saturated rings. The number of hydrogen-bond acceptors (Lipinski definition) is 5. The van der Waals surface area contributed by atoms with E-state index in [1.165, 1.54) is 6.92 Å². The highest BCUT2D eigenvalue weighted by Crippen LogP contribution is 2.21. The quantitative estimate of drug-likeness (QED) is 0.617. The van der Waals surface area contributed by atoms with Crippen molar-refractivity contribution in [1.82, 2.24) is 0 Å². The van der Waals surface area contributed by atoms with Crippen molar-refractivity contribution in [2.75, 3.05) is 5.32 Å². The summed E-state index contributed by atoms with van der Waals surface area (Å²) in [4.78, 5) is 23.8. The third-order valence-electron chi connectivity index (χ3n) is 4.67. The van der Waals surface area contributed by atoms with Crippen LogP contribution in [0.25, 0.3) is 0 Å². The number of benzene rings is 2. The minimum atomic E-state index is -4.75. The van der Waals surface area contributed by atoms with Gasteiger partial charge < -0.3 is 10.1 Å². The van der Waals surface area contributed by atoms with E-state index in [1.54, 1.807) is 12.1 Å². The van der Waals surface area contributed by atoms with Crippen LogP contribution in [-0.2, 0) is 19.4 Å². The first-order valence-corrected chi connectivity index (χ1v) is 10.8. The number of carbonyl (C=O) groups is 2. The summed E-state index contributed by atoms with van der Waals surface area (Å²) in [6, 6.07) is 11.2. The predicted molar refractivity (Wildman–Crippen MR) is 108 cm³/mol. The van der Waals surface area contributed by atoms with Crippen LogP contribution in [0.5, 0.6) is 0 Å². The summed E-state index contributed by atoms with van der Waals surface area (Å²) in [5.74, 6) is -4.59. The monoisotopic (exact) mass is 439 g/mol. The molecule has 162 valence electrons. The number of nitrogens with one attached hydrogen (secondary N) is 1. The molecule has 2 rings (SSSR count). The van der Waals surface area contributed by atoms with Crippen LogP contribution >= 0.6 is 0 Å². The molecular formula is C21H23F2NO5S. The van der Waals surface area contributed by atoms with Gasteiger partial charge in [0, 0.05) is 5.69 Å². The van der Waals surface area contributed by atoms with Crippen LogP contribution in [0.3, 0.4) is 0 Å². The number of amides is 1. The first-order chi connectivity index (χ1) is 14.1. The van der Waals surface area contributed by atoms with Crippen molar-refractivity contribution in [3.63, 3.8) is 0 Å². The standard InChI is InChI=1S/C21H23F2NO5S/c1-4-13(2)15-5-9-17(10-6-15)24-19(25)14(3)29-20(26)16-7-11-18(12-8-16)30(27,28)21(22)23/h5-14,21H,4H2,1-3H3,(H,24,25)/t13-,14-/m0/s1. The van der Waals surface area contributed by atoms with Crippen LogP contribution in [-0.4, -0.2) is 32.2 Å². The minimum Gasteiger partial charge on any atom is -0.449 e. The molecule has 2 aromatic rings. The van der Waals surface area contributed by atoms with Crippen LogP contribution < -0.4 is 5.32 Å². The molecule has 1 N–H and O–H groups in total. The van der Waals surface area contributed by atoms with Crippen molar-refractivity contribution in [3.8, 4) is 0 Å². The Morgan fingerprint density at radius 1 is 1.00 bits per heavy atom. The molecule has 0 bridgehead atoms. The number of halogens is 2. The van der Waals surface area contributed by atoms with Crippen LogP contribution in [0.1, 0.15) is 49.0 Å². The number of anilines is 1. The fourth-order valence-corrected chi connectivity index (χ4v) is 3.26. The number of esters is 1. The lowest BCUT2D eigenvalue weighted by atomic mass is 9.99. The Balaban J connectivity index is 1.98. The number of rotatable bonds is 8. The van der Waals surface area contributed by atoms with Gasteiger partial charge in [0.25, 0.3) is 5.91 Å². The molecule has 1 amide bonds. The molecule has 2 aromatic carbocycles. The molecule has 0 aliphatic heterocycles.